The van der Waals surface area contributed by atoms with Crippen LogP contribution in [0.5, 0.6) is 5.75 Å². The van der Waals surface area contributed by atoms with Crippen LogP contribution in [0, 0.1) is 0 Å². The molecule has 1 unspecified atom stereocenters. The number of carboxylic acids is 1. The zero-order valence-electron chi connectivity index (χ0n) is 16.7. The minimum atomic E-state index is -1.46. The number of aromatic hydroxyl groups is 1. The molecule has 0 radical (unpaired) electrons. The van der Waals surface area contributed by atoms with Gasteiger partial charge in [-0.25, -0.2) is 9.48 Å². The highest BCUT2D eigenvalue weighted by atomic mass is 16.4. The van der Waals surface area contributed by atoms with Crippen molar-refractivity contribution in [1.82, 2.24) is 9.78 Å². The average molecular weight is 392 g/mol. The van der Waals surface area contributed by atoms with Crippen LogP contribution in [0.3, 0.4) is 0 Å². The molecule has 0 bridgehead atoms. The molecule has 0 saturated heterocycles. The quantitative estimate of drug-likeness (QED) is 0.647. The number of rotatable bonds is 6. The number of carbonyl (C=O) groups is 1. The Morgan fingerprint density at radius 3 is 2.14 bits per heavy atom. The summed E-state index contributed by atoms with van der Waals surface area (Å²) in [5.74, 6) is -2.25. The van der Waals surface area contributed by atoms with E-state index in [9.17, 15) is 19.8 Å². The van der Waals surface area contributed by atoms with E-state index in [1.54, 1.807) is 13.8 Å². The van der Waals surface area contributed by atoms with Crippen LogP contribution in [0.4, 0.5) is 0 Å². The Hall–Kier alpha value is -3.41. The first-order valence-electron chi connectivity index (χ1n) is 9.59. The minimum Gasteiger partial charge on any atom is -0.505 e. The Morgan fingerprint density at radius 1 is 1.03 bits per heavy atom. The normalized spacial score (nSPS) is 12.1. The predicted octanol–water partition coefficient (Wildman–Crippen LogP) is 4.44. The summed E-state index contributed by atoms with van der Waals surface area (Å²) in [6.07, 6.45) is 0.541. The molecule has 0 aliphatic carbocycles. The molecule has 29 heavy (non-hydrogen) atoms. The van der Waals surface area contributed by atoms with Crippen LogP contribution >= 0.6 is 0 Å². The Bertz CT molecular complexity index is 1070. The summed E-state index contributed by atoms with van der Waals surface area (Å²) < 4.78 is 1.19. The molecular weight excluding hydrogens is 368 g/mol. The van der Waals surface area contributed by atoms with Crippen molar-refractivity contribution >= 4 is 5.97 Å². The third kappa shape index (κ3) is 3.92. The van der Waals surface area contributed by atoms with Gasteiger partial charge in [0.05, 0.1) is 6.04 Å². The van der Waals surface area contributed by atoms with Crippen LogP contribution in [0.2, 0.25) is 0 Å². The molecule has 0 aliphatic heterocycles. The fourth-order valence-electron chi connectivity index (χ4n) is 3.42. The topological polar surface area (TPSA) is 92.4 Å². The van der Waals surface area contributed by atoms with Crippen LogP contribution in [0.1, 0.15) is 60.8 Å². The average Bonchev–Trinajstić information content (AvgIpc) is 2.71. The highest BCUT2D eigenvalue weighted by Crippen LogP contribution is 2.28. The van der Waals surface area contributed by atoms with E-state index < -0.39 is 28.9 Å². The first-order valence-corrected chi connectivity index (χ1v) is 9.59. The molecule has 0 spiro atoms. The third-order valence-electron chi connectivity index (χ3n) is 4.96. The van der Waals surface area contributed by atoms with E-state index in [0.717, 1.165) is 16.7 Å². The van der Waals surface area contributed by atoms with Crippen molar-refractivity contribution in [2.75, 3.05) is 0 Å². The van der Waals surface area contributed by atoms with E-state index in [1.165, 1.54) is 4.68 Å². The number of hydrogen-bond donors (Lipinski definition) is 2. The fraction of sp³-hybridized carbons (Fsp3) is 0.261. The number of carboxylic acid groups (broad SMARTS) is 1. The summed E-state index contributed by atoms with van der Waals surface area (Å²) in [5, 5.41) is 24.1. The SMILES string of the molecule is CCC(c1ccc(-c2ccccc2)cc1)n1nc(C(C)C)c(O)c(C(=O)O)c1=O. The van der Waals surface area contributed by atoms with E-state index in [2.05, 4.69) is 5.10 Å². The Morgan fingerprint density at radius 2 is 1.62 bits per heavy atom. The van der Waals surface area contributed by atoms with Crippen LogP contribution in [0.15, 0.2) is 59.4 Å². The van der Waals surface area contributed by atoms with Crippen molar-refractivity contribution in [3.8, 4) is 16.9 Å². The number of aromatic carboxylic acids is 1. The summed E-state index contributed by atoms with van der Waals surface area (Å²) >= 11 is 0. The van der Waals surface area contributed by atoms with Gasteiger partial charge in [0, 0.05) is 5.92 Å². The molecule has 3 aromatic rings. The molecule has 1 aromatic heterocycles. The van der Waals surface area contributed by atoms with Crippen molar-refractivity contribution < 1.29 is 15.0 Å². The van der Waals surface area contributed by atoms with Gasteiger partial charge in [-0.15, -0.1) is 0 Å². The zero-order chi connectivity index (χ0) is 21.1. The first kappa shape index (κ1) is 20.3. The molecule has 0 aliphatic rings. The molecule has 1 heterocycles. The van der Waals surface area contributed by atoms with E-state index in [-0.39, 0.29) is 11.6 Å². The number of hydrogen-bond acceptors (Lipinski definition) is 4. The van der Waals surface area contributed by atoms with Gasteiger partial charge in [0.15, 0.2) is 11.3 Å². The lowest BCUT2D eigenvalue weighted by Gasteiger charge is -2.21. The molecule has 0 amide bonds. The van der Waals surface area contributed by atoms with Gasteiger partial charge in [0.1, 0.15) is 5.69 Å². The van der Waals surface area contributed by atoms with E-state index in [4.69, 9.17) is 0 Å². The van der Waals surface area contributed by atoms with Crippen molar-refractivity contribution in [1.29, 1.82) is 0 Å². The first-order chi connectivity index (χ1) is 13.8. The molecule has 6 nitrogen and oxygen atoms in total. The van der Waals surface area contributed by atoms with Gasteiger partial charge in [-0.05, 0) is 23.1 Å². The van der Waals surface area contributed by atoms with Crippen molar-refractivity contribution in [2.24, 2.45) is 0 Å². The van der Waals surface area contributed by atoms with Crippen molar-refractivity contribution in [2.45, 2.75) is 39.2 Å². The Kier molecular flexibility index (Phi) is 5.82. The van der Waals surface area contributed by atoms with Crippen LogP contribution in [0.25, 0.3) is 11.1 Å². The van der Waals surface area contributed by atoms with Crippen LogP contribution in [-0.4, -0.2) is 26.0 Å². The van der Waals surface area contributed by atoms with E-state index in [0.29, 0.717) is 6.42 Å². The highest BCUT2D eigenvalue weighted by molar-refractivity contribution is 5.90. The van der Waals surface area contributed by atoms with Gasteiger partial charge in [-0.1, -0.05) is 75.4 Å². The maximum absolute atomic E-state index is 12.8. The smallest absolute Gasteiger partial charge is 0.345 e. The summed E-state index contributed by atoms with van der Waals surface area (Å²) in [4.78, 5) is 24.4. The lowest BCUT2D eigenvalue weighted by molar-refractivity contribution is 0.0689. The minimum absolute atomic E-state index is 0.196. The lowest BCUT2D eigenvalue weighted by Crippen LogP contribution is -2.33. The van der Waals surface area contributed by atoms with E-state index >= 15 is 0 Å². The fourth-order valence-corrected chi connectivity index (χ4v) is 3.42. The van der Waals surface area contributed by atoms with Gasteiger partial charge < -0.3 is 10.2 Å². The molecule has 2 aromatic carbocycles. The maximum Gasteiger partial charge on any atom is 0.345 e. The van der Waals surface area contributed by atoms with Crippen LogP contribution < -0.4 is 5.56 Å². The second kappa shape index (κ2) is 8.31. The molecule has 0 saturated carbocycles. The third-order valence-corrected chi connectivity index (χ3v) is 4.96. The van der Waals surface area contributed by atoms with Gasteiger partial charge in [-0.3, -0.25) is 4.79 Å². The summed E-state index contributed by atoms with van der Waals surface area (Å²) in [7, 11) is 0. The van der Waals surface area contributed by atoms with E-state index in [1.807, 2.05) is 61.5 Å². The second-order valence-electron chi connectivity index (χ2n) is 7.23. The second-order valence-corrected chi connectivity index (χ2v) is 7.23. The van der Waals surface area contributed by atoms with Gasteiger partial charge in [0.2, 0.25) is 0 Å². The molecule has 2 N–H and O–H groups in total. The lowest BCUT2D eigenvalue weighted by atomic mass is 9.99. The molecule has 3 rings (SSSR count). The van der Waals surface area contributed by atoms with Crippen molar-refractivity contribution in [3.05, 3.63) is 81.8 Å². The predicted molar refractivity (Wildman–Crippen MR) is 112 cm³/mol. The maximum atomic E-state index is 12.8. The van der Waals surface area contributed by atoms with Crippen LogP contribution in [-0.2, 0) is 0 Å². The molecule has 150 valence electrons. The zero-order valence-corrected chi connectivity index (χ0v) is 16.7. The van der Waals surface area contributed by atoms with Gasteiger partial charge in [-0.2, -0.15) is 5.10 Å². The number of aromatic nitrogens is 2. The molecule has 6 heteroatoms. The standard InChI is InChI=1S/C23H24N2O4/c1-4-18(17-12-10-16(11-13-17)15-8-6-5-7-9-15)25-22(27)19(23(28)29)21(26)20(24-25)14(2)3/h5-14,18,26H,4H2,1-3H3,(H,28,29). The Labute approximate surface area is 169 Å². The number of nitrogens with zero attached hydrogens (tertiary/aromatic N) is 2. The Balaban J connectivity index is 2.11. The molecular formula is C23H24N2O4. The summed E-state index contributed by atoms with van der Waals surface area (Å²) in [5.41, 5.74) is 1.73. The highest BCUT2D eigenvalue weighted by Gasteiger charge is 2.27. The summed E-state index contributed by atoms with van der Waals surface area (Å²) in [6.45, 7) is 5.49. The monoisotopic (exact) mass is 392 g/mol. The van der Waals surface area contributed by atoms with Gasteiger partial charge >= 0.3 is 5.97 Å². The van der Waals surface area contributed by atoms with Crippen molar-refractivity contribution in [3.63, 3.8) is 0 Å². The summed E-state index contributed by atoms with van der Waals surface area (Å²) in [6, 6.07) is 17.3. The molecule has 0 fully saturated rings. The number of benzene rings is 2. The van der Waals surface area contributed by atoms with Gasteiger partial charge in [0.25, 0.3) is 5.56 Å². The largest absolute Gasteiger partial charge is 0.505 e. The molecule has 1 atom stereocenters.